The van der Waals surface area contributed by atoms with Crippen LogP contribution in [-0.2, 0) is 0 Å². The van der Waals surface area contributed by atoms with Crippen LogP contribution in [0.4, 0.5) is 11.4 Å². The minimum atomic E-state index is 0.462. The number of aryl methyl sites for hydroxylation is 1. The third kappa shape index (κ3) is 3.00. The van der Waals surface area contributed by atoms with E-state index in [1.54, 1.807) is 0 Å². The van der Waals surface area contributed by atoms with Crippen molar-refractivity contribution in [1.29, 1.82) is 0 Å². The van der Waals surface area contributed by atoms with Gasteiger partial charge in [-0.15, -0.1) is 0 Å². The molecule has 0 aromatic heterocycles. The van der Waals surface area contributed by atoms with E-state index in [4.69, 9.17) is 0 Å². The Labute approximate surface area is 158 Å². The van der Waals surface area contributed by atoms with Crippen LogP contribution in [0.3, 0.4) is 0 Å². The molecule has 0 spiro atoms. The topological polar surface area (TPSA) is 6.48 Å². The second-order valence-corrected chi connectivity index (χ2v) is 8.23. The van der Waals surface area contributed by atoms with E-state index in [1.165, 1.54) is 49.0 Å². The molecular weight excluding hydrogens is 316 g/mol. The molecule has 3 atom stereocenters. The molecule has 0 radical (unpaired) electrons. The summed E-state index contributed by atoms with van der Waals surface area (Å²) < 4.78 is 0. The maximum atomic E-state index is 2.74. The molecular formula is C24H32N2. The summed E-state index contributed by atoms with van der Waals surface area (Å²) >= 11 is 0. The summed E-state index contributed by atoms with van der Waals surface area (Å²) in [5, 5.41) is 0. The fourth-order valence-corrected chi connectivity index (χ4v) is 5.17. The van der Waals surface area contributed by atoms with Crippen molar-refractivity contribution in [2.24, 2.45) is 5.92 Å². The lowest BCUT2D eigenvalue weighted by Crippen LogP contribution is -2.47. The SMILES string of the molecule is Cc1ccccc1N1C(C2CCCCC2)N(c2ccccc2)C(C)[C@@H]1C. The molecule has 0 amide bonds. The number of hydrogen-bond donors (Lipinski definition) is 0. The summed E-state index contributed by atoms with van der Waals surface area (Å²) in [5.41, 5.74) is 4.18. The first-order valence-electron chi connectivity index (χ1n) is 10.4. The first-order valence-corrected chi connectivity index (χ1v) is 10.4. The molecule has 1 aliphatic carbocycles. The van der Waals surface area contributed by atoms with Crippen LogP contribution < -0.4 is 9.80 Å². The molecule has 2 aromatic rings. The van der Waals surface area contributed by atoms with Gasteiger partial charge in [-0.1, -0.05) is 55.7 Å². The Hall–Kier alpha value is -1.96. The van der Waals surface area contributed by atoms with Gasteiger partial charge in [0, 0.05) is 23.5 Å². The van der Waals surface area contributed by atoms with Crippen molar-refractivity contribution >= 4 is 11.4 Å². The van der Waals surface area contributed by atoms with Gasteiger partial charge in [-0.3, -0.25) is 0 Å². The average Bonchev–Trinajstić information content (AvgIpc) is 2.95. The highest BCUT2D eigenvalue weighted by Crippen LogP contribution is 2.43. The predicted octanol–water partition coefficient (Wildman–Crippen LogP) is 6.01. The van der Waals surface area contributed by atoms with E-state index in [9.17, 15) is 0 Å². The van der Waals surface area contributed by atoms with Crippen molar-refractivity contribution in [3.05, 3.63) is 60.2 Å². The van der Waals surface area contributed by atoms with E-state index in [-0.39, 0.29) is 0 Å². The predicted molar refractivity (Wildman–Crippen MR) is 112 cm³/mol. The molecule has 4 rings (SSSR count). The molecule has 0 N–H and O–H groups in total. The number of nitrogens with zero attached hydrogens (tertiary/aromatic N) is 2. The zero-order chi connectivity index (χ0) is 18.1. The maximum absolute atomic E-state index is 2.74. The van der Waals surface area contributed by atoms with Gasteiger partial charge in [-0.25, -0.2) is 0 Å². The minimum Gasteiger partial charge on any atom is -0.346 e. The molecule has 2 aromatic carbocycles. The van der Waals surface area contributed by atoms with E-state index in [0.717, 1.165) is 5.92 Å². The van der Waals surface area contributed by atoms with Crippen molar-refractivity contribution in [1.82, 2.24) is 0 Å². The summed E-state index contributed by atoms with van der Waals surface area (Å²) in [6, 6.07) is 21.0. The number of hydrogen-bond acceptors (Lipinski definition) is 2. The highest BCUT2D eigenvalue weighted by atomic mass is 15.5. The minimum absolute atomic E-state index is 0.462. The Morgan fingerprint density at radius 1 is 0.731 bits per heavy atom. The van der Waals surface area contributed by atoms with Crippen LogP contribution in [0.15, 0.2) is 54.6 Å². The van der Waals surface area contributed by atoms with E-state index in [1.807, 2.05) is 0 Å². The zero-order valence-electron chi connectivity index (χ0n) is 16.4. The Morgan fingerprint density at radius 2 is 1.35 bits per heavy atom. The van der Waals surface area contributed by atoms with Crippen LogP contribution in [0.1, 0.15) is 51.5 Å². The number of para-hydroxylation sites is 2. The first-order chi connectivity index (χ1) is 12.7. The molecule has 1 aliphatic heterocycles. The van der Waals surface area contributed by atoms with Crippen molar-refractivity contribution in [3.63, 3.8) is 0 Å². The quantitative estimate of drug-likeness (QED) is 0.670. The Kier molecular flexibility index (Phi) is 4.93. The molecule has 2 unspecified atom stereocenters. The lowest BCUT2D eigenvalue weighted by Gasteiger charge is -2.41. The second-order valence-electron chi connectivity index (χ2n) is 8.23. The van der Waals surface area contributed by atoms with Gasteiger partial charge in [0.2, 0.25) is 0 Å². The lowest BCUT2D eigenvalue weighted by atomic mass is 9.86. The van der Waals surface area contributed by atoms with Gasteiger partial charge < -0.3 is 9.80 Å². The van der Waals surface area contributed by atoms with Gasteiger partial charge in [0.1, 0.15) is 6.17 Å². The molecule has 0 bridgehead atoms. The standard InChI is InChI=1S/C24H32N2/c1-18-12-10-11-17-23(18)26-20(3)19(2)25(22-15-8-5-9-16-22)24(26)21-13-6-4-7-14-21/h5,8-12,15-17,19-21,24H,4,6-7,13-14H2,1-3H3/t19?,20-,24?/m0/s1. The van der Waals surface area contributed by atoms with Crippen molar-refractivity contribution in [2.75, 3.05) is 9.80 Å². The van der Waals surface area contributed by atoms with Gasteiger partial charge in [0.25, 0.3) is 0 Å². The number of benzene rings is 2. The second kappa shape index (κ2) is 7.34. The van der Waals surface area contributed by atoms with Gasteiger partial charge >= 0.3 is 0 Å². The van der Waals surface area contributed by atoms with Crippen LogP contribution in [0.2, 0.25) is 0 Å². The lowest BCUT2D eigenvalue weighted by molar-refractivity contribution is 0.302. The molecule has 1 saturated carbocycles. The zero-order valence-corrected chi connectivity index (χ0v) is 16.4. The first kappa shape index (κ1) is 17.5. The van der Waals surface area contributed by atoms with Crippen molar-refractivity contribution in [2.45, 2.75) is 71.1 Å². The molecule has 1 heterocycles. The Morgan fingerprint density at radius 3 is 2.04 bits per heavy atom. The van der Waals surface area contributed by atoms with Gasteiger partial charge in [0.15, 0.2) is 0 Å². The third-order valence-corrected chi connectivity index (χ3v) is 6.67. The van der Waals surface area contributed by atoms with Crippen LogP contribution in [0.25, 0.3) is 0 Å². The molecule has 2 fully saturated rings. The van der Waals surface area contributed by atoms with Crippen molar-refractivity contribution in [3.8, 4) is 0 Å². The van der Waals surface area contributed by atoms with E-state index in [2.05, 4.69) is 85.2 Å². The van der Waals surface area contributed by atoms with Gasteiger partial charge in [-0.05, 0) is 63.3 Å². The average molecular weight is 349 g/mol. The van der Waals surface area contributed by atoms with E-state index >= 15 is 0 Å². The highest BCUT2D eigenvalue weighted by molar-refractivity contribution is 5.62. The Bertz CT molecular complexity index is 720. The van der Waals surface area contributed by atoms with Crippen LogP contribution >= 0.6 is 0 Å². The fourth-order valence-electron chi connectivity index (χ4n) is 5.17. The number of anilines is 2. The third-order valence-electron chi connectivity index (χ3n) is 6.67. The molecule has 2 aliphatic rings. The largest absolute Gasteiger partial charge is 0.346 e. The number of rotatable bonds is 3. The van der Waals surface area contributed by atoms with Crippen molar-refractivity contribution < 1.29 is 0 Å². The summed E-state index contributed by atoms with van der Waals surface area (Å²) in [4.78, 5) is 5.45. The molecule has 26 heavy (non-hydrogen) atoms. The van der Waals surface area contributed by atoms with E-state index in [0.29, 0.717) is 18.2 Å². The maximum Gasteiger partial charge on any atom is 0.105 e. The van der Waals surface area contributed by atoms with Gasteiger partial charge in [-0.2, -0.15) is 0 Å². The monoisotopic (exact) mass is 348 g/mol. The van der Waals surface area contributed by atoms with Gasteiger partial charge in [0.05, 0.1) is 0 Å². The summed E-state index contributed by atoms with van der Waals surface area (Å²) in [5.74, 6) is 0.746. The molecule has 2 heteroatoms. The molecule has 138 valence electrons. The molecule has 2 nitrogen and oxygen atoms in total. The normalized spacial score (nSPS) is 27.1. The van der Waals surface area contributed by atoms with Crippen LogP contribution in [-0.4, -0.2) is 18.2 Å². The molecule has 1 saturated heterocycles. The summed E-state index contributed by atoms with van der Waals surface area (Å²) in [7, 11) is 0. The van der Waals surface area contributed by atoms with Crippen LogP contribution in [0.5, 0.6) is 0 Å². The van der Waals surface area contributed by atoms with E-state index < -0.39 is 0 Å². The summed E-state index contributed by atoms with van der Waals surface area (Å²) in [6.45, 7) is 7.08. The highest BCUT2D eigenvalue weighted by Gasteiger charge is 2.46. The van der Waals surface area contributed by atoms with Crippen LogP contribution in [0, 0.1) is 12.8 Å². The smallest absolute Gasteiger partial charge is 0.105 e. The Balaban J connectivity index is 1.80. The fraction of sp³-hybridized carbons (Fsp3) is 0.500. The summed E-state index contributed by atoms with van der Waals surface area (Å²) in [6.07, 6.45) is 7.35.